The van der Waals surface area contributed by atoms with Crippen molar-refractivity contribution in [3.8, 4) is 0 Å². The number of benzene rings is 2. The molecule has 1 amide bonds. The van der Waals surface area contributed by atoms with E-state index in [2.05, 4.69) is 53.6 Å². The van der Waals surface area contributed by atoms with Crippen LogP contribution in [0.2, 0.25) is 0 Å². The number of carbonyl (C=O) groups excluding carboxylic acids is 1. The van der Waals surface area contributed by atoms with E-state index in [0.717, 1.165) is 5.52 Å². The number of rotatable bonds is 5. The molecule has 0 aliphatic carbocycles. The molecule has 1 aromatic heterocycles. The Morgan fingerprint density at radius 3 is 2.50 bits per heavy atom. The molecule has 0 unspecified atom stereocenters. The number of nitrogens with one attached hydrogen (secondary N) is 2. The van der Waals surface area contributed by atoms with E-state index >= 15 is 0 Å². The van der Waals surface area contributed by atoms with E-state index in [1.54, 1.807) is 0 Å². The van der Waals surface area contributed by atoms with Crippen LogP contribution in [0.25, 0.3) is 10.9 Å². The Morgan fingerprint density at radius 1 is 1.08 bits per heavy atom. The van der Waals surface area contributed by atoms with Gasteiger partial charge >= 0.3 is 0 Å². The van der Waals surface area contributed by atoms with Crippen LogP contribution < -0.4 is 5.32 Å². The van der Waals surface area contributed by atoms with Gasteiger partial charge in [0, 0.05) is 35.5 Å². The second kappa shape index (κ2) is 6.91. The van der Waals surface area contributed by atoms with E-state index in [9.17, 15) is 4.79 Å². The van der Waals surface area contributed by atoms with Crippen molar-refractivity contribution in [1.82, 2.24) is 10.3 Å². The molecule has 1 atom stereocenters. The fourth-order valence-electron chi connectivity index (χ4n) is 3.15. The van der Waals surface area contributed by atoms with Crippen molar-refractivity contribution in [3.63, 3.8) is 0 Å². The number of H-pyrrole nitrogens is 1. The molecule has 0 saturated heterocycles. The van der Waals surface area contributed by atoms with Gasteiger partial charge in [-0.05, 0) is 38.0 Å². The topological polar surface area (TPSA) is 44.9 Å². The second-order valence-electron chi connectivity index (χ2n) is 6.68. The summed E-state index contributed by atoms with van der Waals surface area (Å²) < 4.78 is 0. The number of aromatic amines is 1. The molecule has 124 valence electrons. The SMILES string of the molecule is Cc1ccc([C@H](CC(=O)NC(C)C)c2c[nH]c3ccccc23)cc1. The number of hydrogen-bond acceptors (Lipinski definition) is 1. The highest BCUT2D eigenvalue weighted by molar-refractivity contribution is 5.86. The highest BCUT2D eigenvalue weighted by Gasteiger charge is 2.21. The first-order chi connectivity index (χ1) is 11.5. The standard InChI is InChI=1S/C21H24N2O/c1-14(2)23-21(24)12-18(16-10-8-15(3)9-11-16)19-13-22-20-7-5-4-6-17(19)20/h4-11,13-14,18,22H,12H2,1-3H3,(H,23,24)/t18-/m0/s1. The van der Waals surface area contributed by atoms with Gasteiger partial charge in [0.25, 0.3) is 0 Å². The fourth-order valence-corrected chi connectivity index (χ4v) is 3.15. The summed E-state index contributed by atoms with van der Waals surface area (Å²) in [7, 11) is 0. The minimum atomic E-state index is 0.0421. The van der Waals surface area contributed by atoms with Crippen LogP contribution in [0.1, 0.15) is 42.9 Å². The number of aryl methyl sites for hydroxylation is 1. The first kappa shape index (κ1) is 16.3. The molecule has 2 aromatic carbocycles. The van der Waals surface area contributed by atoms with E-state index in [-0.39, 0.29) is 17.9 Å². The van der Waals surface area contributed by atoms with Crippen molar-refractivity contribution < 1.29 is 4.79 Å². The van der Waals surface area contributed by atoms with Crippen molar-refractivity contribution in [1.29, 1.82) is 0 Å². The summed E-state index contributed by atoms with van der Waals surface area (Å²) >= 11 is 0. The van der Waals surface area contributed by atoms with Crippen LogP contribution in [-0.4, -0.2) is 16.9 Å². The van der Waals surface area contributed by atoms with Crippen molar-refractivity contribution >= 4 is 16.8 Å². The van der Waals surface area contributed by atoms with Crippen molar-refractivity contribution in [2.24, 2.45) is 0 Å². The smallest absolute Gasteiger partial charge is 0.221 e. The maximum atomic E-state index is 12.4. The van der Waals surface area contributed by atoms with Gasteiger partial charge in [0.1, 0.15) is 0 Å². The van der Waals surface area contributed by atoms with Gasteiger partial charge in [-0.3, -0.25) is 4.79 Å². The Balaban J connectivity index is 2.01. The van der Waals surface area contributed by atoms with Crippen molar-refractivity contribution in [2.45, 2.75) is 39.2 Å². The molecule has 0 aliphatic heterocycles. The number of amides is 1. The van der Waals surface area contributed by atoms with Gasteiger partial charge in [0.2, 0.25) is 5.91 Å². The van der Waals surface area contributed by atoms with Gasteiger partial charge in [-0.1, -0.05) is 48.0 Å². The summed E-state index contributed by atoms with van der Waals surface area (Å²) in [6.45, 7) is 6.06. The normalized spacial score (nSPS) is 12.5. The fraction of sp³-hybridized carbons (Fsp3) is 0.286. The largest absolute Gasteiger partial charge is 0.361 e. The zero-order valence-corrected chi connectivity index (χ0v) is 14.5. The van der Waals surface area contributed by atoms with E-state index in [0.29, 0.717) is 6.42 Å². The average Bonchev–Trinajstić information content (AvgIpc) is 2.97. The quantitative estimate of drug-likeness (QED) is 0.713. The Morgan fingerprint density at radius 2 is 1.79 bits per heavy atom. The number of fused-ring (bicyclic) bond motifs is 1. The summed E-state index contributed by atoms with van der Waals surface area (Å²) in [4.78, 5) is 15.7. The summed E-state index contributed by atoms with van der Waals surface area (Å²) in [5.41, 5.74) is 4.68. The third-order valence-corrected chi connectivity index (χ3v) is 4.32. The molecule has 3 heteroatoms. The maximum absolute atomic E-state index is 12.4. The Kier molecular flexibility index (Phi) is 4.70. The summed E-state index contributed by atoms with van der Waals surface area (Å²) in [5.74, 6) is 0.126. The van der Waals surface area contributed by atoms with Gasteiger partial charge in [-0.2, -0.15) is 0 Å². The van der Waals surface area contributed by atoms with Gasteiger partial charge in [0.15, 0.2) is 0 Å². The lowest BCUT2D eigenvalue weighted by atomic mass is 9.87. The van der Waals surface area contributed by atoms with Crippen molar-refractivity contribution in [2.75, 3.05) is 0 Å². The van der Waals surface area contributed by atoms with Crippen molar-refractivity contribution in [3.05, 3.63) is 71.4 Å². The summed E-state index contributed by atoms with van der Waals surface area (Å²) in [6.07, 6.45) is 2.49. The lowest BCUT2D eigenvalue weighted by Crippen LogP contribution is -2.31. The van der Waals surface area contributed by atoms with Crippen LogP contribution in [0.5, 0.6) is 0 Å². The lowest BCUT2D eigenvalue weighted by molar-refractivity contribution is -0.121. The zero-order valence-electron chi connectivity index (χ0n) is 14.5. The van der Waals surface area contributed by atoms with Crippen LogP contribution in [0, 0.1) is 6.92 Å². The molecular weight excluding hydrogens is 296 g/mol. The van der Waals surface area contributed by atoms with E-state index < -0.39 is 0 Å². The van der Waals surface area contributed by atoms with Gasteiger partial charge < -0.3 is 10.3 Å². The molecule has 0 radical (unpaired) electrons. The predicted molar refractivity (Wildman–Crippen MR) is 99.2 cm³/mol. The second-order valence-corrected chi connectivity index (χ2v) is 6.68. The maximum Gasteiger partial charge on any atom is 0.221 e. The molecule has 0 saturated carbocycles. The molecule has 3 nitrogen and oxygen atoms in total. The first-order valence-electron chi connectivity index (χ1n) is 8.46. The Bertz CT molecular complexity index is 830. The average molecular weight is 320 g/mol. The lowest BCUT2D eigenvalue weighted by Gasteiger charge is -2.18. The molecule has 3 aromatic rings. The van der Waals surface area contributed by atoms with Crippen LogP contribution >= 0.6 is 0 Å². The van der Waals surface area contributed by atoms with Crippen LogP contribution in [-0.2, 0) is 4.79 Å². The third kappa shape index (κ3) is 3.51. The number of para-hydroxylation sites is 1. The van der Waals surface area contributed by atoms with E-state index in [1.165, 1.54) is 22.1 Å². The highest BCUT2D eigenvalue weighted by Crippen LogP contribution is 2.33. The van der Waals surface area contributed by atoms with E-state index in [4.69, 9.17) is 0 Å². The molecule has 24 heavy (non-hydrogen) atoms. The Hall–Kier alpha value is -2.55. The van der Waals surface area contributed by atoms with Crippen LogP contribution in [0.4, 0.5) is 0 Å². The summed E-state index contributed by atoms with van der Waals surface area (Å²) in [6, 6.07) is 16.9. The monoisotopic (exact) mass is 320 g/mol. The molecule has 1 heterocycles. The molecule has 0 bridgehead atoms. The molecular formula is C21H24N2O. The molecule has 0 aliphatic rings. The third-order valence-electron chi connectivity index (χ3n) is 4.32. The minimum Gasteiger partial charge on any atom is -0.361 e. The first-order valence-corrected chi connectivity index (χ1v) is 8.46. The summed E-state index contributed by atoms with van der Waals surface area (Å²) in [5, 5.41) is 4.20. The minimum absolute atomic E-state index is 0.0421. The number of hydrogen-bond donors (Lipinski definition) is 2. The molecule has 0 spiro atoms. The predicted octanol–water partition coefficient (Wildman–Crippen LogP) is 4.52. The molecule has 2 N–H and O–H groups in total. The Labute approximate surface area is 143 Å². The van der Waals surface area contributed by atoms with Gasteiger partial charge in [-0.15, -0.1) is 0 Å². The van der Waals surface area contributed by atoms with Crippen LogP contribution in [0.15, 0.2) is 54.7 Å². The highest BCUT2D eigenvalue weighted by atomic mass is 16.1. The van der Waals surface area contributed by atoms with Gasteiger partial charge in [-0.25, -0.2) is 0 Å². The zero-order chi connectivity index (χ0) is 17.1. The molecule has 0 fully saturated rings. The number of carbonyl (C=O) groups is 1. The van der Waals surface area contributed by atoms with Crippen LogP contribution in [0.3, 0.4) is 0 Å². The number of aromatic nitrogens is 1. The van der Waals surface area contributed by atoms with E-state index in [1.807, 2.05) is 32.2 Å². The molecule has 3 rings (SSSR count). The van der Waals surface area contributed by atoms with Gasteiger partial charge in [0.05, 0.1) is 0 Å².